The highest BCUT2D eigenvalue weighted by atomic mass is 32.1. The Bertz CT molecular complexity index is 694. The number of carbonyl (C=O) groups excluding carboxylic acids is 1. The molecule has 1 heterocycles. The van der Waals surface area contributed by atoms with Gasteiger partial charge in [-0.25, -0.2) is 4.98 Å². The molecule has 0 fully saturated rings. The van der Waals surface area contributed by atoms with Crippen molar-refractivity contribution in [1.29, 1.82) is 0 Å². The summed E-state index contributed by atoms with van der Waals surface area (Å²) in [5.74, 6) is 1.43. The number of ether oxygens (including phenoxy) is 1. The fourth-order valence-electron chi connectivity index (χ4n) is 2.37. The molecule has 4 nitrogen and oxygen atoms in total. The van der Waals surface area contributed by atoms with E-state index in [-0.39, 0.29) is 5.91 Å². The SMILES string of the molecule is Cc1ccccc1OCCN(C)C(=O)c1sc(CC(C)C)nc1C. The Balaban J connectivity index is 1.92. The van der Waals surface area contributed by atoms with Crippen LogP contribution in [0, 0.1) is 19.8 Å². The van der Waals surface area contributed by atoms with Crippen LogP contribution in [0.2, 0.25) is 0 Å². The van der Waals surface area contributed by atoms with Crippen molar-refractivity contribution in [2.45, 2.75) is 34.1 Å². The van der Waals surface area contributed by atoms with Crippen LogP contribution in [-0.2, 0) is 6.42 Å². The largest absolute Gasteiger partial charge is 0.491 e. The predicted molar refractivity (Wildman–Crippen MR) is 99.0 cm³/mol. The number of benzene rings is 1. The first kappa shape index (κ1) is 18.5. The van der Waals surface area contributed by atoms with Crippen molar-refractivity contribution in [2.24, 2.45) is 5.92 Å². The van der Waals surface area contributed by atoms with Crippen LogP contribution < -0.4 is 4.74 Å². The smallest absolute Gasteiger partial charge is 0.265 e. The molecule has 130 valence electrons. The van der Waals surface area contributed by atoms with Gasteiger partial charge in [0.1, 0.15) is 17.2 Å². The maximum Gasteiger partial charge on any atom is 0.265 e. The van der Waals surface area contributed by atoms with Gasteiger partial charge in [0.05, 0.1) is 17.2 Å². The van der Waals surface area contributed by atoms with Gasteiger partial charge in [0.2, 0.25) is 0 Å². The molecule has 0 unspecified atom stereocenters. The molecule has 1 aromatic heterocycles. The predicted octanol–water partition coefficient (Wildman–Crippen LogP) is 4.11. The second kappa shape index (κ2) is 8.29. The number of para-hydroxylation sites is 1. The molecule has 24 heavy (non-hydrogen) atoms. The van der Waals surface area contributed by atoms with E-state index in [2.05, 4.69) is 18.8 Å². The molecule has 0 atom stereocenters. The number of rotatable bonds is 7. The van der Waals surface area contributed by atoms with E-state index in [0.717, 1.165) is 33.3 Å². The second-order valence-corrected chi connectivity index (χ2v) is 7.54. The molecule has 0 bridgehead atoms. The number of carbonyl (C=O) groups is 1. The lowest BCUT2D eigenvalue weighted by Gasteiger charge is -2.17. The Morgan fingerprint density at radius 3 is 2.67 bits per heavy atom. The number of amides is 1. The summed E-state index contributed by atoms with van der Waals surface area (Å²) in [5, 5.41) is 1.04. The zero-order valence-corrected chi connectivity index (χ0v) is 15.9. The third-order valence-corrected chi connectivity index (χ3v) is 4.91. The van der Waals surface area contributed by atoms with E-state index in [4.69, 9.17) is 4.74 Å². The minimum Gasteiger partial charge on any atom is -0.491 e. The molecule has 1 aromatic carbocycles. The van der Waals surface area contributed by atoms with Crippen LogP contribution in [0.1, 0.15) is 39.8 Å². The number of aryl methyl sites for hydroxylation is 2. The van der Waals surface area contributed by atoms with Gasteiger partial charge in [-0.3, -0.25) is 4.79 Å². The van der Waals surface area contributed by atoms with Crippen molar-refractivity contribution < 1.29 is 9.53 Å². The maximum absolute atomic E-state index is 12.6. The summed E-state index contributed by atoms with van der Waals surface area (Å²) in [5.41, 5.74) is 1.93. The summed E-state index contributed by atoms with van der Waals surface area (Å²) < 4.78 is 5.78. The van der Waals surface area contributed by atoms with E-state index in [1.54, 1.807) is 4.90 Å². The monoisotopic (exact) mass is 346 g/mol. The Morgan fingerprint density at radius 1 is 1.29 bits per heavy atom. The molecule has 1 amide bonds. The van der Waals surface area contributed by atoms with Gasteiger partial charge in [-0.2, -0.15) is 0 Å². The first-order valence-corrected chi connectivity index (χ1v) is 9.10. The van der Waals surface area contributed by atoms with Crippen molar-refractivity contribution in [3.05, 3.63) is 45.4 Å². The summed E-state index contributed by atoms with van der Waals surface area (Å²) >= 11 is 1.51. The zero-order chi connectivity index (χ0) is 17.7. The van der Waals surface area contributed by atoms with Crippen molar-refractivity contribution in [3.8, 4) is 5.75 Å². The van der Waals surface area contributed by atoms with Gasteiger partial charge in [0.15, 0.2) is 0 Å². The van der Waals surface area contributed by atoms with Crippen molar-refractivity contribution in [3.63, 3.8) is 0 Å². The highest BCUT2D eigenvalue weighted by Gasteiger charge is 2.19. The summed E-state index contributed by atoms with van der Waals surface area (Å²) in [6.07, 6.45) is 0.916. The highest BCUT2D eigenvalue weighted by molar-refractivity contribution is 7.13. The van der Waals surface area contributed by atoms with Crippen molar-refractivity contribution in [2.75, 3.05) is 20.2 Å². The second-order valence-electron chi connectivity index (χ2n) is 6.46. The number of nitrogens with zero attached hydrogens (tertiary/aromatic N) is 2. The summed E-state index contributed by atoms with van der Waals surface area (Å²) in [6.45, 7) is 9.26. The lowest BCUT2D eigenvalue weighted by molar-refractivity contribution is 0.0777. The lowest BCUT2D eigenvalue weighted by Crippen LogP contribution is -2.30. The van der Waals surface area contributed by atoms with Gasteiger partial charge >= 0.3 is 0 Å². The molecule has 0 spiro atoms. The first-order chi connectivity index (χ1) is 11.4. The van der Waals surface area contributed by atoms with E-state index in [1.165, 1.54) is 11.3 Å². The lowest BCUT2D eigenvalue weighted by atomic mass is 10.1. The van der Waals surface area contributed by atoms with E-state index in [9.17, 15) is 4.79 Å². The summed E-state index contributed by atoms with van der Waals surface area (Å²) in [7, 11) is 1.81. The fraction of sp³-hybridized carbons (Fsp3) is 0.474. The topological polar surface area (TPSA) is 42.4 Å². The minimum atomic E-state index is 0.0217. The number of aromatic nitrogens is 1. The molecule has 0 radical (unpaired) electrons. The van der Waals surface area contributed by atoms with Gasteiger partial charge in [0, 0.05) is 13.5 Å². The van der Waals surface area contributed by atoms with E-state index >= 15 is 0 Å². The molecule has 0 aliphatic heterocycles. The third-order valence-electron chi connectivity index (χ3n) is 3.74. The maximum atomic E-state index is 12.6. The molecule has 2 rings (SSSR count). The van der Waals surface area contributed by atoms with Crippen molar-refractivity contribution >= 4 is 17.2 Å². The van der Waals surface area contributed by atoms with Gasteiger partial charge in [0.25, 0.3) is 5.91 Å². The van der Waals surface area contributed by atoms with Crippen LogP contribution in [0.15, 0.2) is 24.3 Å². The molecular formula is C19H26N2O2S. The molecule has 0 aliphatic carbocycles. The number of hydrogen-bond donors (Lipinski definition) is 0. The molecule has 2 aromatic rings. The van der Waals surface area contributed by atoms with Gasteiger partial charge in [-0.1, -0.05) is 32.0 Å². The van der Waals surface area contributed by atoms with Gasteiger partial charge < -0.3 is 9.64 Å². The van der Waals surface area contributed by atoms with Crippen molar-refractivity contribution in [1.82, 2.24) is 9.88 Å². The third kappa shape index (κ3) is 4.81. The zero-order valence-electron chi connectivity index (χ0n) is 15.1. The van der Waals surface area contributed by atoms with Gasteiger partial charge in [-0.15, -0.1) is 11.3 Å². The molecular weight excluding hydrogens is 320 g/mol. The van der Waals surface area contributed by atoms with E-state index < -0.39 is 0 Å². The van der Waals surface area contributed by atoms with Crippen LogP contribution in [-0.4, -0.2) is 36.0 Å². The molecule has 0 N–H and O–H groups in total. The molecule has 0 saturated heterocycles. The van der Waals surface area contributed by atoms with Crippen LogP contribution in [0.25, 0.3) is 0 Å². The summed E-state index contributed by atoms with van der Waals surface area (Å²) in [4.78, 5) is 19.6. The average Bonchev–Trinajstić information content (AvgIpc) is 2.88. The summed E-state index contributed by atoms with van der Waals surface area (Å²) in [6, 6.07) is 7.90. The standard InChI is InChI=1S/C19H26N2O2S/c1-13(2)12-17-20-15(4)18(24-17)19(22)21(5)10-11-23-16-9-7-6-8-14(16)3/h6-9,13H,10-12H2,1-5H3. The van der Waals surface area contributed by atoms with Crippen LogP contribution in [0.4, 0.5) is 0 Å². The quantitative estimate of drug-likeness (QED) is 0.758. The molecule has 5 heteroatoms. The minimum absolute atomic E-state index is 0.0217. The normalized spacial score (nSPS) is 10.9. The Hall–Kier alpha value is -1.88. The fourth-order valence-corrected chi connectivity index (χ4v) is 3.64. The molecule has 0 saturated carbocycles. The first-order valence-electron chi connectivity index (χ1n) is 8.28. The van der Waals surface area contributed by atoms with E-state index in [0.29, 0.717) is 19.1 Å². The Morgan fingerprint density at radius 2 is 2.00 bits per heavy atom. The van der Waals surface area contributed by atoms with Crippen LogP contribution in [0.3, 0.4) is 0 Å². The molecule has 0 aliphatic rings. The average molecular weight is 346 g/mol. The number of hydrogen-bond acceptors (Lipinski definition) is 4. The highest BCUT2D eigenvalue weighted by Crippen LogP contribution is 2.22. The van der Waals surface area contributed by atoms with Gasteiger partial charge in [-0.05, 0) is 31.4 Å². The van der Waals surface area contributed by atoms with E-state index in [1.807, 2.05) is 45.2 Å². The Kier molecular flexibility index (Phi) is 6.37. The number of thiazole rings is 1. The Labute approximate surface area is 148 Å². The van der Waals surface area contributed by atoms with Crippen LogP contribution in [0.5, 0.6) is 5.75 Å². The number of likely N-dealkylation sites (N-methyl/N-ethyl adjacent to an activating group) is 1. The van der Waals surface area contributed by atoms with Crippen LogP contribution >= 0.6 is 11.3 Å².